The fourth-order valence-corrected chi connectivity index (χ4v) is 2.83. The van der Waals surface area contributed by atoms with Gasteiger partial charge in [0, 0.05) is 5.69 Å². The second-order valence-corrected chi connectivity index (χ2v) is 5.45. The molecule has 2 aromatic carbocycles. The Kier molecular flexibility index (Phi) is 3.59. The minimum atomic E-state index is -0.292. The summed E-state index contributed by atoms with van der Waals surface area (Å²) in [5.41, 5.74) is 6.96. The van der Waals surface area contributed by atoms with Crippen molar-refractivity contribution in [3.05, 3.63) is 42.0 Å². The molecule has 0 heterocycles. The molecule has 1 fully saturated rings. The standard InChI is InChI=1S/C17H19NO2/c18-16-11-13-7-5-4-6-12(13)10-15(16)17(19)20-14-8-2-1-3-9-14/h4-7,10-11,14H,1-3,8-9,18H2. The van der Waals surface area contributed by atoms with Crippen molar-refractivity contribution in [2.75, 3.05) is 5.73 Å². The van der Waals surface area contributed by atoms with Gasteiger partial charge in [-0.3, -0.25) is 0 Å². The fourth-order valence-electron chi connectivity index (χ4n) is 2.83. The maximum absolute atomic E-state index is 12.3. The average Bonchev–Trinajstić information content (AvgIpc) is 2.47. The molecule has 104 valence electrons. The van der Waals surface area contributed by atoms with Crippen molar-refractivity contribution in [1.82, 2.24) is 0 Å². The minimum absolute atomic E-state index is 0.0575. The molecule has 2 aromatic rings. The van der Waals surface area contributed by atoms with Crippen LogP contribution in [0.2, 0.25) is 0 Å². The highest BCUT2D eigenvalue weighted by Crippen LogP contribution is 2.25. The van der Waals surface area contributed by atoms with Gasteiger partial charge < -0.3 is 10.5 Å². The molecule has 1 aliphatic rings. The zero-order valence-electron chi connectivity index (χ0n) is 11.5. The summed E-state index contributed by atoms with van der Waals surface area (Å²) in [4.78, 5) is 12.3. The highest BCUT2D eigenvalue weighted by atomic mass is 16.5. The van der Waals surface area contributed by atoms with E-state index in [9.17, 15) is 4.79 Å². The van der Waals surface area contributed by atoms with Gasteiger partial charge in [-0.25, -0.2) is 4.79 Å². The van der Waals surface area contributed by atoms with E-state index in [1.807, 2.05) is 36.4 Å². The summed E-state index contributed by atoms with van der Waals surface area (Å²) in [6.45, 7) is 0. The van der Waals surface area contributed by atoms with Crippen LogP contribution in [0.15, 0.2) is 36.4 Å². The molecule has 0 aliphatic heterocycles. The number of rotatable bonds is 2. The van der Waals surface area contributed by atoms with Crippen LogP contribution in [0.1, 0.15) is 42.5 Å². The third kappa shape index (κ3) is 2.62. The number of ether oxygens (including phenoxy) is 1. The van der Waals surface area contributed by atoms with E-state index in [1.165, 1.54) is 6.42 Å². The Bertz CT molecular complexity index is 630. The van der Waals surface area contributed by atoms with Crippen molar-refractivity contribution in [1.29, 1.82) is 0 Å². The van der Waals surface area contributed by atoms with Crippen LogP contribution >= 0.6 is 0 Å². The quantitative estimate of drug-likeness (QED) is 0.664. The predicted molar refractivity (Wildman–Crippen MR) is 80.6 cm³/mol. The van der Waals surface area contributed by atoms with Crippen LogP contribution in [0, 0.1) is 0 Å². The van der Waals surface area contributed by atoms with Crippen molar-refractivity contribution in [3.8, 4) is 0 Å². The number of nitrogens with two attached hydrogens (primary N) is 1. The first kappa shape index (κ1) is 13.0. The monoisotopic (exact) mass is 269 g/mol. The summed E-state index contributed by atoms with van der Waals surface area (Å²) in [6, 6.07) is 11.5. The van der Waals surface area contributed by atoms with Crippen LogP contribution in [0.25, 0.3) is 10.8 Å². The second kappa shape index (κ2) is 5.53. The van der Waals surface area contributed by atoms with Crippen molar-refractivity contribution >= 4 is 22.4 Å². The number of hydrogen-bond donors (Lipinski definition) is 1. The molecule has 3 nitrogen and oxygen atoms in total. The van der Waals surface area contributed by atoms with Crippen molar-refractivity contribution < 1.29 is 9.53 Å². The third-order valence-corrected chi connectivity index (χ3v) is 3.96. The van der Waals surface area contributed by atoms with Gasteiger partial charge in [-0.05, 0) is 48.6 Å². The zero-order chi connectivity index (χ0) is 13.9. The van der Waals surface area contributed by atoms with Gasteiger partial charge in [-0.1, -0.05) is 30.7 Å². The SMILES string of the molecule is Nc1cc2ccccc2cc1C(=O)OC1CCCCC1. The Morgan fingerprint density at radius 2 is 1.70 bits per heavy atom. The van der Waals surface area contributed by atoms with Gasteiger partial charge in [-0.15, -0.1) is 0 Å². The van der Waals surface area contributed by atoms with Gasteiger partial charge in [0.05, 0.1) is 5.56 Å². The summed E-state index contributed by atoms with van der Waals surface area (Å²) in [7, 11) is 0. The first-order chi connectivity index (χ1) is 9.74. The number of fused-ring (bicyclic) bond motifs is 1. The molecule has 0 bridgehead atoms. The van der Waals surface area contributed by atoms with E-state index in [1.54, 1.807) is 0 Å². The second-order valence-electron chi connectivity index (χ2n) is 5.45. The number of benzene rings is 2. The van der Waals surface area contributed by atoms with Crippen LogP contribution in [-0.2, 0) is 4.74 Å². The van der Waals surface area contributed by atoms with Crippen LogP contribution in [0.4, 0.5) is 5.69 Å². The van der Waals surface area contributed by atoms with Crippen LogP contribution < -0.4 is 5.73 Å². The number of carbonyl (C=O) groups excluding carboxylic acids is 1. The minimum Gasteiger partial charge on any atom is -0.459 e. The molecule has 0 radical (unpaired) electrons. The van der Waals surface area contributed by atoms with Crippen molar-refractivity contribution in [2.24, 2.45) is 0 Å². The number of anilines is 1. The van der Waals surface area contributed by atoms with E-state index in [4.69, 9.17) is 10.5 Å². The highest BCUT2D eigenvalue weighted by Gasteiger charge is 2.20. The lowest BCUT2D eigenvalue weighted by Gasteiger charge is -2.22. The molecule has 0 spiro atoms. The number of esters is 1. The van der Waals surface area contributed by atoms with Crippen LogP contribution in [0.5, 0.6) is 0 Å². The molecule has 3 rings (SSSR count). The Morgan fingerprint density at radius 3 is 2.40 bits per heavy atom. The molecule has 3 heteroatoms. The highest BCUT2D eigenvalue weighted by molar-refractivity contribution is 6.01. The molecular weight excluding hydrogens is 250 g/mol. The van der Waals surface area contributed by atoms with E-state index in [-0.39, 0.29) is 12.1 Å². The summed E-state index contributed by atoms with van der Waals surface area (Å²) in [5, 5.41) is 2.05. The zero-order valence-corrected chi connectivity index (χ0v) is 11.5. The normalized spacial score (nSPS) is 16.2. The van der Waals surface area contributed by atoms with E-state index < -0.39 is 0 Å². The molecule has 0 aromatic heterocycles. The molecule has 1 aliphatic carbocycles. The molecule has 0 unspecified atom stereocenters. The summed E-state index contributed by atoms with van der Waals surface area (Å²) in [6.07, 6.45) is 5.53. The Hall–Kier alpha value is -2.03. The van der Waals surface area contributed by atoms with E-state index in [0.29, 0.717) is 11.3 Å². The first-order valence-corrected chi connectivity index (χ1v) is 7.23. The lowest BCUT2D eigenvalue weighted by molar-refractivity contribution is 0.0212. The topological polar surface area (TPSA) is 52.3 Å². The Balaban J connectivity index is 1.84. The molecule has 0 amide bonds. The number of hydrogen-bond acceptors (Lipinski definition) is 3. The number of carbonyl (C=O) groups is 1. The summed E-state index contributed by atoms with van der Waals surface area (Å²) >= 11 is 0. The molecular formula is C17H19NO2. The van der Waals surface area contributed by atoms with Crippen LogP contribution in [-0.4, -0.2) is 12.1 Å². The summed E-state index contributed by atoms with van der Waals surface area (Å²) < 4.78 is 5.59. The van der Waals surface area contributed by atoms with Gasteiger partial charge in [0.15, 0.2) is 0 Å². The molecule has 0 atom stereocenters. The van der Waals surface area contributed by atoms with E-state index >= 15 is 0 Å². The predicted octanol–water partition coefficient (Wildman–Crippen LogP) is 3.91. The van der Waals surface area contributed by atoms with Crippen LogP contribution in [0.3, 0.4) is 0 Å². The maximum atomic E-state index is 12.3. The number of nitrogen functional groups attached to an aromatic ring is 1. The fraction of sp³-hybridized carbons (Fsp3) is 0.353. The Morgan fingerprint density at radius 1 is 1.05 bits per heavy atom. The third-order valence-electron chi connectivity index (χ3n) is 3.96. The lowest BCUT2D eigenvalue weighted by atomic mass is 9.97. The molecule has 2 N–H and O–H groups in total. The van der Waals surface area contributed by atoms with E-state index in [0.717, 1.165) is 36.5 Å². The average molecular weight is 269 g/mol. The first-order valence-electron chi connectivity index (χ1n) is 7.23. The summed E-state index contributed by atoms with van der Waals surface area (Å²) in [5.74, 6) is -0.292. The van der Waals surface area contributed by atoms with Gasteiger partial charge in [0.25, 0.3) is 0 Å². The molecule has 20 heavy (non-hydrogen) atoms. The Labute approximate surface area is 118 Å². The largest absolute Gasteiger partial charge is 0.459 e. The smallest absolute Gasteiger partial charge is 0.340 e. The van der Waals surface area contributed by atoms with Crippen molar-refractivity contribution in [2.45, 2.75) is 38.2 Å². The van der Waals surface area contributed by atoms with Gasteiger partial charge in [-0.2, -0.15) is 0 Å². The maximum Gasteiger partial charge on any atom is 0.340 e. The molecule has 1 saturated carbocycles. The van der Waals surface area contributed by atoms with Crippen molar-refractivity contribution in [3.63, 3.8) is 0 Å². The van der Waals surface area contributed by atoms with Gasteiger partial charge in [0.2, 0.25) is 0 Å². The van der Waals surface area contributed by atoms with E-state index in [2.05, 4.69) is 0 Å². The van der Waals surface area contributed by atoms with Gasteiger partial charge in [0.1, 0.15) is 6.10 Å². The molecule has 0 saturated heterocycles. The lowest BCUT2D eigenvalue weighted by Crippen LogP contribution is -2.21. The van der Waals surface area contributed by atoms with Gasteiger partial charge >= 0.3 is 5.97 Å².